The summed E-state index contributed by atoms with van der Waals surface area (Å²) in [6.07, 6.45) is 3.51. The van der Waals surface area contributed by atoms with Crippen molar-refractivity contribution in [3.05, 3.63) is 75.8 Å². The molecule has 0 atom stereocenters. The molecule has 1 heterocycles. The minimum Gasteiger partial charge on any atom is -0.326 e. The Morgan fingerprint density at radius 3 is 2.45 bits per heavy atom. The Hall–Kier alpha value is -2.70. The van der Waals surface area contributed by atoms with Crippen LogP contribution >= 0.6 is 22.9 Å². The van der Waals surface area contributed by atoms with Crippen LogP contribution in [-0.4, -0.2) is 16.8 Å². The van der Waals surface area contributed by atoms with Crippen LogP contribution in [0.1, 0.15) is 41.4 Å². The lowest BCUT2D eigenvalue weighted by molar-refractivity contribution is -0.115. The number of aryl methyl sites for hydroxylation is 1. The van der Waals surface area contributed by atoms with E-state index in [-0.39, 0.29) is 18.2 Å². The predicted molar refractivity (Wildman–Crippen MR) is 119 cm³/mol. The summed E-state index contributed by atoms with van der Waals surface area (Å²) in [6.45, 7) is 2.17. The molecule has 5 nitrogen and oxygen atoms in total. The van der Waals surface area contributed by atoms with Crippen LogP contribution in [0.3, 0.4) is 0 Å². The summed E-state index contributed by atoms with van der Waals surface area (Å²) in [6, 6.07) is 14.5. The molecule has 29 heavy (non-hydrogen) atoms. The van der Waals surface area contributed by atoms with Gasteiger partial charge in [0, 0.05) is 21.7 Å². The maximum absolute atomic E-state index is 12.3. The number of hydrogen-bond acceptors (Lipinski definition) is 4. The Morgan fingerprint density at radius 1 is 1.03 bits per heavy atom. The Morgan fingerprint density at radius 2 is 1.76 bits per heavy atom. The van der Waals surface area contributed by atoms with Crippen LogP contribution in [0.4, 0.5) is 10.8 Å². The Kier molecular flexibility index (Phi) is 7.38. The zero-order valence-corrected chi connectivity index (χ0v) is 17.6. The second kappa shape index (κ2) is 10.2. The molecule has 150 valence electrons. The summed E-state index contributed by atoms with van der Waals surface area (Å²) in [4.78, 5) is 28.8. The minimum atomic E-state index is -0.268. The number of amides is 2. The van der Waals surface area contributed by atoms with Crippen molar-refractivity contribution in [1.82, 2.24) is 4.98 Å². The lowest BCUT2D eigenvalue weighted by Gasteiger charge is -2.06. The van der Waals surface area contributed by atoms with E-state index in [1.54, 1.807) is 29.6 Å². The number of anilines is 2. The smallest absolute Gasteiger partial charge is 0.257 e. The molecule has 2 amide bonds. The van der Waals surface area contributed by atoms with Gasteiger partial charge in [0.15, 0.2) is 5.13 Å². The molecular formula is C22H22ClN3O2S. The Labute approximate surface area is 179 Å². The lowest BCUT2D eigenvalue weighted by atomic mass is 10.1. The van der Waals surface area contributed by atoms with Crippen molar-refractivity contribution in [2.75, 3.05) is 10.6 Å². The number of aromatic nitrogens is 1. The fourth-order valence-corrected chi connectivity index (χ4v) is 3.55. The molecule has 0 aliphatic rings. The molecule has 0 aliphatic heterocycles. The van der Waals surface area contributed by atoms with Gasteiger partial charge in [-0.25, -0.2) is 4.98 Å². The highest BCUT2D eigenvalue weighted by atomic mass is 35.5. The standard InChI is InChI=1S/C22H22ClN3O2S/c1-2-3-4-15-5-11-18(12-6-15)24-20(27)13-19-14-29-22(25-19)26-21(28)16-7-9-17(23)10-8-16/h5-12,14H,2-4,13H2,1H3,(H,24,27)(H,25,26,28). The van der Waals surface area contributed by atoms with E-state index >= 15 is 0 Å². The number of benzene rings is 2. The number of carbonyl (C=O) groups excluding carboxylic acids is 2. The molecule has 0 aliphatic carbocycles. The first-order valence-corrected chi connectivity index (χ1v) is 10.7. The van der Waals surface area contributed by atoms with Gasteiger partial charge >= 0.3 is 0 Å². The van der Waals surface area contributed by atoms with E-state index in [2.05, 4.69) is 22.5 Å². The molecule has 1 aromatic heterocycles. The van der Waals surface area contributed by atoms with Crippen LogP contribution in [0.25, 0.3) is 0 Å². The van der Waals surface area contributed by atoms with Gasteiger partial charge in [-0.15, -0.1) is 11.3 Å². The van der Waals surface area contributed by atoms with Crippen LogP contribution in [0.15, 0.2) is 53.9 Å². The first-order chi connectivity index (χ1) is 14.0. The summed E-state index contributed by atoms with van der Waals surface area (Å²) in [5.41, 5.74) is 3.14. The number of nitrogens with zero attached hydrogens (tertiary/aromatic N) is 1. The zero-order valence-electron chi connectivity index (χ0n) is 16.1. The maximum atomic E-state index is 12.3. The van der Waals surface area contributed by atoms with Gasteiger partial charge in [-0.05, 0) is 54.8 Å². The van der Waals surface area contributed by atoms with Crippen molar-refractivity contribution >= 4 is 45.6 Å². The number of unbranched alkanes of at least 4 members (excludes halogenated alkanes) is 1. The van der Waals surface area contributed by atoms with E-state index in [1.165, 1.54) is 16.9 Å². The highest BCUT2D eigenvalue weighted by Gasteiger charge is 2.11. The predicted octanol–water partition coefficient (Wildman–Crippen LogP) is 5.57. The van der Waals surface area contributed by atoms with Crippen molar-refractivity contribution < 1.29 is 9.59 Å². The van der Waals surface area contributed by atoms with Crippen LogP contribution in [0, 0.1) is 0 Å². The largest absolute Gasteiger partial charge is 0.326 e. The maximum Gasteiger partial charge on any atom is 0.257 e. The molecule has 2 N–H and O–H groups in total. The number of halogens is 1. The van der Waals surface area contributed by atoms with E-state index in [0.29, 0.717) is 21.4 Å². The second-order valence-corrected chi connectivity index (χ2v) is 7.92. The highest BCUT2D eigenvalue weighted by molar-refractivity contribution is 7.14. The summed E-state index contributed by atoms with van der Waals surface area (Å²) >= 11 is 7.12. The molecular weight excluding hydrogens is 406 g/mol. The second-order valence-electron chi connectivity index (χ2n) is 6.63. The summed E-state index contributed by atoms with van der Waals surface area (Å²) in [7, 11) is 0. The Bertz CT molecular complexity index is 968. The summed E-state index contributed by atoms with van der Waals surface area (Å²) in [5.74, 6) is -0.414. The number of nitrogens with one attached hydrogen (secondary N) is 2. The van der Waals surface area contributed by atoms with Crippen molar-refractivity contribution in [1.29, 1.82) is 0 Å². The van der Waals surface area contributed by atoms with Gasteiger partial charge in [0.2, 0.25) is 5.91 Å². The highest BCUT2D eigenvalue weighted by Crippen LogP contribution is 2.18. The molecule has 0 fully saturated rings. The number of thiazole rings is 1. The molecule has 0 saturated carbocycles. The van der Waals surface area contributed by atoms with Gasteiger partial charge in [-0.2, -0.15) is 0 Å². The third-order valence-electron chi connectivity index (χ3n) is 4.28. The molecule has 0 radical (unpaired) electrons. The van der Waals surface area contributed by atoms with Crippen molar-refractivity contribution in [3.63, 3.8) is 0 Å². The number of carbonyl (C=O) groups is 2. The van der Waals surface area contributed by atoms with E-state index < -0.39 is 0 Å². The number of hydrogen-bond donors (Lipinski definition) is 2. The zero-order chi connectivity index (χ0) is 20.6. The molecule has 3 rings (SSSR count). The summed E-state index contributed by atoms with van der Waals surface area (Å²) < 4.78 is 0. The van der Waals surface area contributed by atoms with Gasteiger partial charge in [0.1, 0.15) is 0 Å². The van der Waals surface area contributed by atoms with E-state index in [1.807, 2.05) is 24.3 Å². The first-order valence-electron chi connectivity index (χ1n) is 9.43. The van der Waals surface area contributed by atoms with Crippen LogP contribution in [0.5, 0.6) is 0 Å². The van der Waals surface area contributed by atoms with E-state index in [9.17, 15) is 9.59 Å². The first kappa shape index (κ1) is 21.0. The average molecular weight is 428 g/mol. The molecule has 0 spiro atoms. The van der Waals surface area contributed by atoms with Gasteiger partial charge in [0.25, 0.3) is 5.91 Å². The minimum absolute atomic E-state index is 0.144. The van der Waals surface area contributed by atoms with Gasteiger partial charge < -0.3 is 5.32 Å². The van der Waals surface area contributed by atoms with Crippen LogP contribution in [-0.2, 0) is 17.6 Å². The molecule has 0 bridgehead atoms. The van der Waals surface area contributed by atoms with Gasteiger partial charge in [-0.1, -0.05) is 37.1 Å². The number of rotatable bonds is 8. The Balaban J connectivity index is 1.52. The van der Waals surface area contributed by atoms with Crippen LogP contribution in [0.2, 0.25) is 5.02 Å². The molecule has 2 aromatic carbocycles. The van der Waals surface area contributed by atoms with Crippen molar-refractivity contribution in [2.45, 2.75) is 32.6 Å². The summed E-state index contributed by atoms with van der Waals surface area (Å²) in [5, 5.41) is 8.41. The average Bonchev–Trinajstić information content (AvgIpc) is 3.14. The monoisotopic (exact) mass is 427 g/mol. The molecule has 3 aromatic rings. The van der Waals surface area contributed by atoms with Crippen molar-refractivity contribution in [2.24, 2.45) is 0 Å². The fraction of sp³-hybridized carbons (Fsp3) is 0.227. The topological polar surface area (TPSA) is 71.1 Å². The quantitative estimate of drug-likeness (QED) is 0.493. The van der Waals surface area contributed by atoms with Gasteiger partial charge in [-0.3, -0.25) is 14.9 Å². The fourth-order valence-electron chi connectivity index (χ4n) is 2.72. The SMILES string of the molecule is CCCCc1ccc(NC(=O)Cc2csc(NC(=O)c3ccc(Cl)cc3)n2)cc1. The molecule has 0 unspecified atom stereocenters. The third-order valence-corrected chi connectivity index (χ3v) is 5.34. The van der Waals surface area contributed by atoms with Crippen LogP contribution < -0.4 is 10.6 Å². The molecule has 0 saturated heterocycles. The lowest BCUT2D eigenvalue weighted by Crippen LogP contribution is -2.15. The molecule has 7 heteroatoms. The van der Waals surface area contributed by atoms with Crippen molar-refractivity contribution in [3.8, 4) is 0 Å². The van der Waals surface area contributed by atoms with E-state index in [4.69, 9.17) is 11.6 Å². The normalized spacial score (nSPS) is 10.6. The van der Waals surface area contributed by atoms with Gasteiger partial charge in [0.05, 0.1) is 12.1 Å². The third kappa shape index (κ3) is 6.41. The van der Waals surface area contributed by atoms with E-state index in [0.717, 1.165) is 24.9 Å².